The minimum Gasteiger partial charge on any atom is -0.463 e. The number of aliphatic hydroxyl groups excluding tert-OH is 2. The van der Waals surface area contributed by atoms with Gasteiger partial charge in [0.15, 0.2) is 6.10 Å². The van der Waals surface area contributed by atoms with E-state index in [2.05, 4.69) is 185 Å². The molecular weight excluding hydrogens is 1390 g/mol. The molecule has 0 saturated heterocycles. The molecule has 0 saturated carbocycles. The Hall–Kier alpha value is -5.35. The molecule has 0 aliphatic rings. The molecule has 0 fully saturated rings. The summed E-state index contributed by atoms with van der Waals surface area (Å²) >= 11 is 0. The second kappa shape index (κ2) is 80.2. The highest BCUT2D eigenvalue weighted by atomic mass is 31.2. The molecular formula is C89H146O16P2. The van der Waals surface area contributed by atoms with Crippen LogP contribution in [0, 0.1) is 0 Å². The fraction of sp³-hybridized carbons (Fsp3) is 0.629. The summed E-state index contributed by atoms with van der Waals surface area (Å²) in [5.74, 6) is -1.72. The van der Waals surface area contributed by atoms with Gasteiger partial charge in [-0.25, -0.2) is 9.13 Å². The second-order valence-electron chi connectivity index (χ2n) is 26.8. The molecule has 4 N–H and O–H groups in total. The SMILES string of the molecule is CC/C=C\C/C=C\C/C=C\C/C=C\C/C=C\C/C=C\CCC(=O)OCC(COP(=O)(O)OCC(O)COP(=O)(O)OCC(O)COC(=O)CCCCCCCCCCCCCCCCCCC/C=C\C/C=C\C/C=C\C/C=C\CCCCC)OC(=O)CCCCC/C=C\C/C=C\C/C=C\C/C=C\C/C=C\CC. The maximum absolute atomic E-state index is 13.0. The van der Waals surface area contributed by atoms with Crippen LogP contribution in [-0.4, -0.2) is 95.9 Å². The van der Waals surface area contributed by atoms with Gasteiger partial charge < -0.3 is 34.2 Å². The van der Waals surface area contributed by atoms with Crippen LogP contribution in [0.2, 0.25) is 0 Å². The van der Waals surface area contributed by atoms with Gasteiger partial charge in [-0.3, -0.25) is 32.5 Å². The van der Waals surface area contributed by atoms with E-state index in [1.165, 1.54) is 116 Å². The molecule has 0 aromatic carbocycles. The van der Waals surface area contributed by atoms with Crippen LogP contribution < -0.4 is 0 Å². The molecule has 5 atom stereocenters. The van der Waals surface area contributed by atoms with Gasteiger partial charge in [0, 0.05) is 19.3 Å². The first-order valence-corrected chi connectivity index (χ1v) is 44.1. The molecule has 608 valence electrons. The van der Waals surface area contributed by atoms with Crippen molar-refractivity contribution in [2.45, 2.75) is 322 Å². The van der Waals surface area contributed by atoms with E-state index < -0.39 is 91.5 Å². The lowest BCUT2D eigenvalue weighted by Crippen LogP contribution is -2.30. The number of esters is 3. The zero-order valence-electron chi connectivity index (χ0n) is 66.5. The minimum absolute atomic E-state index is 0.0305. The Morgan fingerprint density at radius 3 is 0.850 bits per heavy atom. The van der Waals surface area contributed by atoms with Gasteiger partial charge in [0.25, 0.3) is 0 Å². The van der Waals surface area contributed by atoms with E-state index in [9.17, 15) is 43.5 Å². The first kappa shape index (κ1) is 102. The molecule has 0 aromatic rings. The average Bonchev–Trinajstić information content (AvgIpc) is 0.934. The molecule has 0 spiro atoms. The van der Waals surface area contributed by atoms with Crippen LogP contribution >= 0.6 is 15.6 Å². The average molecular weight is 1530 g/mol. The van der Waals surface area contributed by atoms with Crippen molar-refractivity contribution in [2.24, 2.45) is 0 Å². The van der Waals surface area contributed by atoms with Gasteiger partial charge in [-0.2, -0.15) is 0 Å². The molecule has 0 aliphatic heterocycles. The largest absolute Gasteiger partial charge is 0.472 e. The molecule has 107 heavy (non-hydrogen) atoms. The van der Waals surface area contributed by atoms with E-state index in [0.717, 1.165) is 122 Å². The van der Waals surface area contributed by atoms with E-state index in [1.807, 2.05) is 18.2 Å². The lowest BCUT2D eigenvalue weighted by atomic mass is 10.0. The summed E-state index contributed by atoms with van der Waals surface area (Å²) in [5.41, 5.74) is 0. The smallest absolute Gasteiger partial charge is 0.463 e. The van der Waals surface area contributed by atoms with Crippen LogP contribution in [0.25, 0.3) is 0 Å². The first-order valence-electron chi connectivity index (χ1n) is 41.1. The van der Waals surface area contributed by atoms with E-state index in [1.54, 1.807) is 0 Å². The number of hydrogen-bond acceptors (Lipinski definition) is 14. The van der Waals surface area contributed by atoms with Crippen molar-refractivity contribution in [1.29, 1.82) is 0 Å². The van der Waals surface area contributed by atoms with Crippen LogP contribution in [-0.2, 0) is 55.8 Å². The predicted molar refractivity (Wildman–Crippen MR) is 445 cm³/mol. The van der Waals surface area contributed by atoms with Gasteiger partial charge in [-0.05, 0) is 148 Å². The summed E-state index contributed by atoms with van der Waals surface area (Å²) in [6, 6.07) is 0. The van der Waals surface area contributed by atoms with Crippen molar-refractivity contribution < 1.29 is 75.8 Å². The minimum atomic E-state index is -4.97. The molecule has 18 heteroatoms. The lowest BCUT2D eigenvalue weighted by molar-refractivity contribution is -0.161. The standard InChI is InChI=1S/C89H146O16P2/c1-4-7-10-13-16-19-22-25-28-31-34-35-36-37-38-39-40-41-42-43-44-45-46-47-50-52-54-57-60-63-66-69-72-75-87(92)99-78-84(90)79-101-106(95,96)102-80-85(91)81-103-107(97,98)104-83-86(105-89(94)77-74-71-68-65-62-59-56-53-49-33-30-27-24-21-18-15-12-9-6-3)82-100-88(93)76-73-70-67-64-61-58-55-51-48-32-29-26-23-20-17-14-11-8-5-2/h8-9,11-12,16-21,25-30,34-35,37-38,48-49,51,53,58-59,61-62,67,70,84-86,90-91H,4-7,10,13-15,22-24,31-33,36,39-47,50,52,54-57,60,63-66,68-69,71-83H2,1-3H3,(H,95,96)(H,97,98)/b11-8-,12-9-,19-16-,20-17-,21-18-,28-25-,29-26-,30-27-,35-34-,38-37-,51-48-,53-49-,61-58-,62-59-,70-67-. The van der Waals surface area contributed by atoms with Crippen LogP contribution in [0.15, 0.2) is 182 Å². The third kappa shape index (κ3) is 81.5. The quantitative estimate of drug-likeness (QED) is 0.0146. The summed E-state index contributed by atoms with van der Waals surface area (Å²) < 4.78 is 61.1. The van der Waals surface area contributed by atoms with E-state index in [-0.39, 0.29) is 19.3 Å². The number of phosphoric ester groups is 2. The van der Waals surface area contributed by atoms with Gasteiger partial charge >= 0.3 is 33.6 Å². The van der Waals surface area contributed by atoms with Gasteiger partial charge in [-0.15, -0.1) is 0 Å². The topological polar surface area (TPSA) is 231 Å². The molecule has 0 aromatic heterocycles. The highest BCUT2D eigenvalue weighted by Crippen LogP contribution is 2.45. The monoisotopic (exact) mass is 1530 g/mol. The number of phosphoric acid groups is 2. The summed E-state index contributed by atoms with van der Waals surface area (Å²) in [5, 5.41) is 20.7. The Kier molecular flexibility index (Phi) is 76.2. The Balaban J connectivity index is 4.57. The van der Waals surface area contributed by atoms with Crippen molar-refractivity contribution in [1.82, 2.24) is 0 Å². The van der Waals surface area contributed by atoms with E-state index in [0.29, 0.717) is 25.7 Å². The Bertz CT molecular complexity index is 2670. The van der Waals surface area contributed by atoms with Crippen LogP contribution in [0.3, 0.4) is 0 Å². The van der Waals surface area contributed by atoms with Crippen LogP contribution in [0.4, 0.5) is 0 Å². The Labute approximate surface area is 649 Å². The van der Waals surface area contributed by atoms with Crippen molar-refractivity contribution >= 4 is 33.6 Å². The van der Waals surface area contributed by atoms with Crippen molar-refractivity contribution in [3.8, 4) is 0 Å². The zero-order valence-corrected chi connectivity index (χ0v) is 68.3. The molecule has 0 bridgehead atoms. The van der Waals surface area contributed by atoms with Crippen LogP contribution in [0.1, 0.15) is 303 Å². The highest BCUT2D eigenvalue weighted by Gasteiger charge is 2.29. The van der Waals surface area contributed by atoms with Crippen molar-refractivity contribution in [3.63, 3.8) is 0 Å². The number of aliphatic hydroxyl groups is 2. The van der Waals surface area contributed by atoms with Crippen molar-refractivity contribution in [2.75, 3.05) is 39.6 Å². The van der Waals surface area contributed by atoms with E-state index >= 15 is 0 Å². The lowest BCUT2D eigenvalue weighted by Gasteiger charge is -2.21. The summed E-state index contributed by atoms with van der Waals surface area (Å²) in [6.07, 6.45) is 104. The summed E-state index contributed by atoms with van der Waals surface area (Å²) in [6.45, 7) is 2.29. The van der Waals surface area contributed by atoms with Gasteiger partial charge in [0.1, 0.15) is 25.4 Å². The van der Waals surface area contributed by atoms with Gasteiger partial charge in [-0.1, -0.05) is 319 Å². The van der Waals surface area contributed by atoms with Crippen molar-refractivity contribution in [3.05, 3.63) is 182 Å². The Morgan fingerprint density at radius 2 is 0.514 bits per heavy atom. The predicted octanol–water partition coefficient (Wildman–Crippen LogP) is 24.5. The van der Waals surface area contributed by atoms with E-state index in [4.69, 9.17) is 32.3 Å². The number of carbonyl (C=O) groups excluding carboxylic acids is 3. The number of allylic oxidation sites excluding steroid dienone is 30. The molecule has 16 nitrogen and oxygen atoms in total. The maximum atomic E-state index is 13.0. The number of ether oxygens (including phenoxy) is 3. The maximum Gasteiger partial charge on any atom is 0.472 e. The molecule has 0 heterocycles. The second-order valence-corrected chi connectivity index (χ2v) is 29.7. The van der Waals surface area contributed by atoms with Gasteiger partial charge in [0.2, 0.25) is 0 Å². The molecule has 0 aliphatic carbocycles. The third-order valence-corrected chi connectivity index (χ3v) is 18.5. The first-order chi connectivity index (χ1) is 52.2. The van der Waals surface area contributed by atoms with Crippen LogP contribution in [0.5, 0.6) is 0 Å². The summed E-state index contributed by atoms with van der Waals surface area (Å²) in [4.78, 5) is 58.7. The molecule has 0 rings (SSSR count). The summed E-state index contributed by atoms with van der Waals surface area (Å²) in [7, 11) is -9.84. The number of hydrogen-bond donors (Lipinski definition) is 4. The molecule has 5 unspecified atom stereocenters. The number of unbranched alkanes of at least 4 members (excludes halogenated alkanes) is 23. The number of rotatable bonds is 76. The number of carbonyl (C=O) groups is 3. The highest BCUT2D eigenvalue weighted by molar-refractivity contribution is 7.47. The fourth-order valence-corrected chi connectivity index (χ4v) is 12.0. The third-order valence-electron chi connectivity index (χ3n) is 16.6. The fourth-order valence-electron chi connectivity index (χ4n) is 10.4. The zero-order chi connectivity index (χ0) is 78.0. The van der Waals surface area contributed by atoms with Gasteiger partial charge in [0.05, 0.1) is 26.4 Å². The molecule has 0 radical (unpaired) electrons. The normalized spacial score (nSPS) is 14.9. The Morgan fingerprint density at radius 1 is 0.271 bits per heavy atom. The molecule has 0 amide bonds.